The maximum Gasteiger partial charge on any atom is 0.260 e. The van der Waals surface area contributed by atoms with E-state index in [0.717, 1.165) is 31.0 Å². The quantitative estimate of drug-likeness (QED) is 0.513. The zero-order chi connectivity index (χ0) is 20.1. The number of nitrogens with one attached hydrogen (secondary N) is 1. The number of carbonyl (C=O) groups excluding carboxylic acids is 1. The molecule has 0 saturated carbocycles. The number of ether oxygens (including phenoxy) is 1. The molecule has 142 valence electrons. The predicted molar refractivity (Wildman–Crippen MR) is 93.0 cm³/mol. The highest BCUT2D eigenvalue weighted by Crippen LogP contribution is 2.28. The third kappa shape index (κ3) is 4.20. The van der Waals surface area contributed by atoms with Crippen molar-refractivity contribution in [2.45, 2.75) is 0 Å². The number of hydrogen-bond donors (Lipinski definition) is 2. The molecule has 28 heavy (non-hydrogen) atoms. The molecule has 11 heteroatoms. The van der Waals surface area contributed by atoms with Crippen LogP contribution in [0.3, 0.4) is 0 Å². The average Bonchev–Trinajstić information content (AvgIpc) is 2.68. The van der Waals surface area contributed by atoms with Gasteiger partial charge in [-0.15, -0.1) is 0 Å². The second-order valence-corrected chi connectivity index (χ2v) is 5.17. The van der Waals surface area contributed by atoms with Crippen LogP contribution in [0.5, 0.6) is 11.5 Å². The highest BCUT2D eigenvalue weighted by atomic mass is 19.2. The Hall–Kier alpha value is -4.02. The summed E-state index contributed by atoms with van der Waals surface area (Å²) in [4.78, 5) is 27.4. The van der Waals surface area contributed by atoms with Gasteiger partial charge in [0.2, 0.25) is 5.82 Å². The molecule has 3 rings (SSSR count). The molecule has 0 atom stereocenters. The van der Waals surface area contributed by atoms with Crippen molar-refractivity contribution in [1.82, 2.24) is 15.0 Å². The molecule has 0 aliphatic heterocycles. The fourth-order valence-electron chi connectivity index (χ4n) is 2.07. The fraction of sp³-hybridized carbons (Fsp3) is 0. The number of aromatic nitrogens is 3. The lowest BCUT2D eigenvalue weighted by Gasteiger charge is -2.10. The largest absolute Gasteiger partial charge is 0.451 e. The summed E-state index contributed by atoms with van der Waals surface area (Å²) in [6, 6.07) is 3.55. The lowest BCUT2D eigenvalue weighted by molar-refractivity contribution is 0.102. The van der Waals surface area contributed by atoms with E-state index in [1.54, 1.807) is 0 Å². The Bertz CT molecular complexity index is 1040. The zero-order valence-electron chi connectivity index (χ0n) is 13.9. The standard InChI is InChI=1S/C17H11F3N6O2/c18-9-1-2-14(23-4-9)26-17(27)11-3-10(5-24-16(11)25-8-21)28-13-7-22-6-12(19)15(13)20/h1-8H,(H2,21,24,25)(H,23,26,27). The van der Waals surface area contributed by atoms with Gasteiger partial charge in [0.25, 0.3) is 5.91 Å². The lowest BCUT2D eigenvalue weighted by atomic mass is 10.2. The van der Waals surface area contributed by atoms with Crippen molar-refractivity contribution in [3.8, 4) is 11.5 Å². The van der Waals surface area contributed by atoms with E-state index in [-0.39, 0.29) is 22.9 Å². The highest BCUT2D eigenvalue weighted by molar-refractivity contribution is 6.07. The van der Waals surface area contributed by atoms with E-state index >= 15 is 0 Å². The molecule has 0 fully saturated rings. The smallest absolute Gasteiger partial charge is 0.260 e. The minimum Gasteiger partial charge on any atom is -0.451 e. The Morgan fingerprint density at radius 1 is 1.14 bits per heavy atom. The molecule has 0 bridgehead atoms. The van der Waals surface area contributed by atoms with Crippen LogP contribution in [0.1, 0.15) is 10.4 Å². The summed E-state index contributed by atoms with van der Waals surface area (Å²) in [6.07, 6.45) is 4.64. The van der Waals surface area contributed by atoms with Gasteiger partial charge in [-0.2, -0.15) is 4.39 Å². The number of carbonyl (C=O) groups is 1. The fourth-order valence-corrected chi connectivity index (χ4v) is 2.07. The normalized spacial score (nSPS) is 10.8. The van der Waals surface area contributed by atoms with Crippen LogP contribution in [0.25, 0.3) is 0 Å². The molecule has 8 nitrogen and oxygen atoms in total. The van der Waals surface area contributed by atoms with E-state index < -0.39 is 29.1 Å². The first-order valence-electron chi connectivity index (χ1n) is 7.62. The topological polar surface area (TPSA) is 115 Å². The van der Waals surface area contributed by atoms with E-state index in [0.29, 0.717) is 6.20 Å². The van der Waals surface area contributed by atoms with Gasteiger partial charge in [0.1, 0.15) is 17.4 Å². The Kier molecular flexibility index (Phi) is 5.44. The molecule has 3 aromatic rings. The zero-order valence-corrected chi connectivity index (χ0v) is 13.9. The summed E-state index contributed by atoms with van der Waals surface area (Å²) >= 11 is 0. The van der Waals surface area contributed by atoms with Crippen molar-refractivity contribution in [2.24, 2.45) is 10.7 Å². The minimum atomic E-state index is -1.25. The number of aliphatic imine (C=N–C) groups is 1. The molecule has 0 aromatic carbocycles. The van der Waals surface area contributed by atoms with Crippen LogP contribution in [0.4, 0.5) is 24.8 Å². The van der Waals surface area contributed by atoms with Gasteiger partial charge < -0.3 is 15.8 Å². The van der Waals surface area contributed by atoms with Crippen LogP contribution in [0.2, 0.25) is 0 Å². The number of nitrogens with two attached hydrogens (primary N) is 1. The number of anilines is 1. The van der Waals surface area contributed by atoms with Crippen molar-refractivity contribution in [2.75, 3.05) is 5.32 Å². The van der Waals surface area contributed by atoms with Crippen LogP contribution in [0.15, 0.2) is 48.0 Å². The number of hydrogen-bond acceptors (Lipinski definition) is 6. The first-order chi connectivity index (χ1) is 13.5. The van der Waals surface area contributed by atoms with E-state index in [1.165, 1.54) is 12.1 Å². The molecule has 0 unspecified atom stereocenters. The molecule has 0 aliphatic carbocycles. The number of amides is 1. The van der Waals surface area contributed by atoms with Crippen molar-refractivity contribution in [3.05, 3.63) is 66.0 Å². The van der Waals surface area contributed by atoms with Crippen molar-refractivity contribution in [1.29, 1.82) is 0 Å². The van der Waals surface area contributed by atoms with Gasteiger partial charge in [0, 0.05) is 0 Å². The van der Waals surface area contributed by atoms with E-state index in [9.17, 15) is 18.0 Å². The van der Waals surface area contributed by atoms with Crippen molar-refractivity contribution < 1.29 is 22.7 Å². The third-order valence-electron chi connectivity index (χ3n) is 3.29. The number of pyridine rings is 3. The Morgan fingerprint density at radius 2 is 1.96 bits per heavy atom. The maximum atomic E-state index is 13.7. The van der Waals surface area contributed by atoms with Gasteiger partial charge >= 0.3 is 0 Å². The van der Waals surface area contributed by atoms with Gasteiger partial charge in [0.15, 0.2) is 17.4 Å². The van der Waals surface area contributed by atoms with Crippen LogP contribution in [0, 0.1) is 17.5 Å². The Morgan fingerprint density at radius 3 is 2.68 bits per heavy atom. The number of halogens is 3. The molecule has 3 aromatic heterocycles. The van der Waals surface area contributed by atoms with Gasteiger partial charge in [-0.25, -0.2) is 23.7 Å². The molecule has 1 amide bonds. The molecular weight excluding hydrogens is 377 g/mol. The summed E-state index contributed by atoms with van der Waals surface area (Å²) in [5.74, 6) is -4.31. The minimum absolute atomic E-state index is 0.0627. The van der Waals surface area contributed by atoms with Gasteiger partial charge in [0.05, 0.1) is 36.7 Å². The summed E-state index contributed by atoms with van der Waals surface area (Å²) in [5.41, 5.74) is 5.15. The van der Waals surface area contributed by atoms with E-state index in [2.05, 4.69) is 25.3 Å². The Balaban J connectivity index is 1.91. The van der Waals surface area contributed by atoms with E-state index in [4.69, 9.17) is 10.5 Å². The summed E-state index contributed by atoms with van der Waals surface area (Å²) in [5, 5.41) is 2.42. The SMILES string of the molecule is N/C=N\c1ncc(Oc2cncc(F)c2F)cc1C(=O)Nc1ccc(F)cn1. The second kappa shape index (κ2) is 8.12. The summed E-state index contributed by atoms with van der Waals surface area (Å²) < 4.78 is 45.2. The van der Waals surface area contributed by atoms with Gasteiger partial charge in [-0.3, -0.25) is 9.78 Å². The van der Waals surface area contributed by atoms with E-state index in [1.807, 2.05) is 0 Å². The molecular formula is C17H11F3N6O2. The van der Waals surface area contributed by atoms with Crippen LogP contribution in [-0.4, -0.2) is 27.2 Å². The highest BCUT2D eigenvalue weighted by Gasteiger charge is 2.17. The van der Waals surface area contributed by atoms with Crippen molar-refractivity contribution >= 4 is 23.9 Å². The van der Waals surface area contributed by atoms with Gasteiger partial charge in [-0.05, 0) is 18.2 Å². The third-order valence-corrected chi connectivity index (χ3v) is 3.29. The monoisotopic (exact) mass is 388 g/mol. The van der Waals surface area contributed by atoms with Crippen molar-refractivity contribution in [3.63, 3.8) is 0 Å². The second-order valence-electron chi connectivity index (χ2n) is 5.17. The summed E-state index contributed by atoms with van der Waals surface area (Å²) in [7, 11) is 0. The molecule has 3 heterocycles. The predicted octanol–water partition coefficient (Wildman–Crippen LogP) is 2.95. The first-order valence-corrected chi connectivity index (χ1v) is 7.62. The molecule has 0 saturated heterocycles. The number of nitrogens with zero attached hydrogens (tertiary/aromatic N) is 4. The maximum absolute atomic E-state index is 13.7. The molecule has 0 spiro atoms. The molecule has 0 radical (unpaired) electrons. The average molecular weight is 388 g/mol. The van der Waals surface area contributed by atoms with Crippen LogP contribution in [-0.2, 0) is 0 Å². The van der Waals surface area contributed by atoms with Crippen LogP contribution < -0.4 is 15.8 Å². The van der Waals surface area contributed by atoms with Gasteiger partial charge in [-0.1, -0.05) is 0 Å². The molecule has 3 N–H and O–H groups in total. The Labute approximate surface area is 155 Å². The number of rotatable bonds is 5. The first kappa shape index (κ1) is 18.8. The molecule has 0 aliphatic rings. The lowest BCUT2D eigenvalue weighted by Crippen LogP contribution is -2.14. The summed E-state index contributed by atoms with van der Waals surface area (Å²) in [6.45, 7) is 0. The van der Waals surface area contributed by atoms with Crippen LogP contribution >= 0.6 is 0 Å².